The summed E-state index contributed by atoms with van der Waals surface area (Å²) in [6.07, 6.45) is 1.75. The van der Waals surface area contributed by atoms with Crippen LogP contribution >= 0.6 is 0 Å². The van der Waals surface area contributed by atoms with Gasteiger partial charge in [0.15, 0.2) is 8.32 Å². The van der Waals surface area contributed by atoms with Crippen molar-refractivity contribution in [1.29, 1.82) is 0 Å². The third kappa shape index (κ3) is 5.54. The SMILES string of the molecule is Cc1ccc(C=NCCO[Si](C)(C)C)o1. The van der Waals surface area contributed by atoms with Gasteiger partial charge in [-0.3, -0.25) is 4.99 Å². The molecule has 0 aliphatic rings. The molecule has 0 aliphatic heterocycles. The van der Waals surface area contributed by atoms with Crippen molar-refractivity contribution in [3.8, 4) is 0 Å². The van der Waals surface area contributed by atoms with Crippen LogP contribution in [0.5, 0.6) is 0 Å². The molecule has 0 aliphatic carbocycles. The van der Waals surface area contributed by atoms with E-state index in [2.05, 4.69) is 24.6 Å². The van der Waals surface area contributed by atoms with Crippen molar-refractivity contribution in [2.75, 3.05) is 13.2 Å². The molecule has 0 amide bonds. The van der Waals surface area contributed by atoms with E-state index >= 15 is 0 Å². The summed E-state index contributed by atoms with van der Waals surface area (Å²) in [5.74, 6) is 1.72. The Kier molecular flexibility index (Phi) is 4.29. The number of nitrogens with zero attached hydrogens (tertiary/aromatic N) is 1. The third-order valence-electron chi connectivity index (χ3n) is 1.74. The molecule has 0 atom stereocenters. The fourth-order valence-corrected chi connectivity index (χ4v) is 1.79. The summed E-state index contributed by atoms with van der Waals surface area (Å²) >= 11 is 0. The minimum atomic E-state index is -1.38. The maximum atomic E-state index is 5.67. The van der Waals surface area contributed by atoms with E-state index in [0.29, 0.717) is 13.2 Å². The molecule has 0 aromatic carbocycles. The monoisotopic (exact) mass is 225 g/mol. The van der Waals surface area contributed by atoms with Crippen LogP contribution in [0.3, 0.4) is 0 Å². The minimum absolute atomic E-state index is 0.698. The molecule has 0 saturated heterocycles. The zero-order valence-electron chi connectivity index (χ0n) is 9.91. The van der Waals surface area contributed by atoms with Gasteiger partial charge in [0.2, 0.25) is 0 Å². The van der Waals surface area contributed by atoms with Crippen molar-refractivity contribution in [2.24, 2.45) is 4.99 Å². The highest BCUT2D eigenvalue weighted by molar-refractivity contribution is 6.69. The van der Waals surface area contributed by atoms with Crippen LogP contribution < -0.4 is 0 Å². The normalized spacial score (nSPS) is 12.5. The van der Waals surface area contributed by atoms with E-state index < -0.39 is 8.32 Å². The zero-order valence-corrected chi connectivity index (χ0v) is 10.9. The van der Waals surface area contributed by atoms with E-state index in [1.807, 2.05) is 19.1 Å². The van der Waals surface area contributed by atoms with E-state index in [-0.39, 0.29) is 0 Å². The molecule has 3 nitrogen and oxygen atoms in total. The van der Waals surface area contributed by atoms with Crippen LogP contribution in [0.25, 0.3) is 0 Å². The van der Waals surface area contributed by atoms with Gasteiger partial charge in [0.1, 0.15) is 11.5 Å². The van der Waals surface area contributed by atoms with Crippen LogP contribution in [0.1, 0.15) is 11.5 Å². The first kappa shape index (κ1) is 12.2. The Morgan fingerprint density at radius 1 is 1.40 bits per heavy atom. The van der Waals surface area contributed by atoms with Gasteiger partial charge in [-0.2, -0.15) is 0 Å². The van der Waals surface area contributed by atoms with Gasteiger partial charge in [-0.1, -0.05) is 0 Å². The maximum Gasteiger partial charge on any atom is 0.183 e. The van der Waals surface area contributed by atoms with Gasteiger partial charge >= 0.3 is 0 Å². The van der Waals surface area contributed by atoms with Gasteiger partial charge in [0.05, 0.1) is 19.4 Å². The Morgan fingerprint density at radius 3 is 2.67 bits per heavy atom. The summed E-state index contributed by atoms with van der Waals surface area (Å²) in [6.45, 7) is 9.84. The molecule has 0 N–H and O–H groups in total. The molecule has 0 saturated carbocycles. The number of rotatable bonds is 5. The summed E-state index contributed by atoms with van der Waals surface area (Å²) in [5.41, 5.74) is 0. The first-order valence-corrected chi connectivity index (χ1v) is 8.58. The molecular weight excluding hydrogens is 206 g/mol. The Bertz CT molecular complexity index is 326. The van der Waals surface area contributed by atoms with Crippen molar-refractivity contribution in [1.82, 2.24) is 0 Å². The van der Waals surface area contributed by atoms with Gasteiger partial charge in [0, 0.05) is 0 Å². The molecule has 0 spiro atoms. The molecule has 1 aromatic rings. The van der Waals surface area contributed by atoms with E-state index in [9.17, 15) is 0 Å². The smallest absolute Gasteiger partial charge is 0.183 e. The van der Waals surface area contributed by atoms with E-state index in [4.69, 9.17) is 8.84 Å². The summed E-state index contributed by atoms with van der Waals surface area (Å²) in [4.78, 5) is 4.24. The van der Waals surface area contributed by atoms with E-state index in [1.54, 1.807) is 6.21 Å². The number of hydrogen-bond acceptors (Lipinski definition) is 3. The molecule has 15 heavy (non-hydrogen) atoms. The average Bonchev–Trinajstić information content (AvgIpc) is 2.49. The summed E-state index contributed by atoms with van der Waals surface area (Å²) in [6, 6.07) is 3.85. The summed E-state index contributed by atoms with van der Waals surface area (Å²) in [7, 11) is -1.38. The molecule has 1 heterocycles. The molecule has 4 heteroatoms. The minimum Gasteiger partial charge on any atom is -0.460 e. The number of furan rings is 1. The highest BCUT2D eigenvalue weighted by atomic mass is 28.4. The first-order chi connectivity index (χ1) is 6.97. The standard InChI is InChI=1S/C11H19NO2Si/c1-10-5-6-11(14-10)9-12-7-8-13-15(2,3)4/h5-6,9H,7-8H2,1-4H3. The predicted molar refractivity (Wildman–Crippen MR) is 65.2 cm³/mol. The van der Waals surface area contributed by atoms with Crippen LogP contribution in [-0.2, 0) is 4.43 Å². The number of hydrogen-bond donors (Lipinski definition) is 0. The molecular formula is C11H19NO2Si. The Hall–Kier alpha value is -0.873. The van der Waals surface area contributed by atoms with Gasteiger partial charge in [-0.15, -0.1) is 0 Å². The van der Waals surface area contributed by atoms with Crippen LogP contribution in [0.2, 0.25) is 19.6 Å². The van der Waals surface area contributed by atoms with Crippen molar-refractivity contribution < 1.29 is 8.84 Å². The van der Waals surface area contributed by atoms with Crippen LogP contribution in [0, 0.1) is 6.92 Å². The summed E-state index contributed by atoms with van der Waals surface area (Å²) < 4.78 is 11.0. The quantitative estimate of drug-likeness (QED) is 0.439. The van der Waals surface area contributed by atoms with Crippen LogP contribution in [0.15, 0.2) is 21.5 Å². The zero-order chi connectivity index (χ0) is 11.3. The highest BCUT2D eigenvalue weighted by Gasteiger charge is 2.12. The van der Waals surface area contributed by atoms with E-state index in [0.717, 1.165) is 11.5 Å². The van der Waals surface area contributed by atoms with Gasteiger partial charge < -0.3 is 8.84 Å². The molecule has 0 bridgehead atoms. The Labute approximate surface area is 92.3 Å². The fourth-order valence-electron chi connectivity index (χ4n) is 1.08. The van der Waals surface area contributed by atoms with Gasteiger partial charge in [-0.05, 0) is 38.7 Å². The summed E-state index contributed by atoms with van der Waals surface area (Å²) in [5, 5.41) is 0. The van der Waals surface area contributed by atoms with E-state index in [1.165, 1.54) is 0 Å². The Morgan fingerprint density at radius 2 is 2.13 bits per heavy atom. The molecule has 84 valence electrons. The van der Waals surface area contributed by atoms with Gasteiger partial charge in [0.25, 0.3) is 0 Å². The van der Waals surface area contributed by atoms with Crippen molar-refractivity contribution in [3.05, 3.63) is 23.7 Å². The van der Waals surface area contributed by atoms with Crippen LogP contribution in [0.4, 0.5) is 0 Å². The molecule has 1 aromatic heterocycles. The van der Waals surface area contributed by atoms with Crippen molar-refractivity contribution in [3.63, 3.8) is 0 Å². The second-order valence-electron chi connectivity index (χ2n) is 4.44. The first-order valence-electron chi connectivity index (χ1n) is 5.17. The number of aryl methyl sites for hydroxylation is 1. The molecule has 0 fully saturated rings. The third-order valence-corrected chi connectivity index (χ3v) is 2.81. The lowest BCUT2D eigenvalue weighted by atomic mass is 10.4. The highest BCUT2D eigenvalue weighted by Crippen LogP contribution is 2.03. The topological polar surface area (TPSA) is 34.7 Å². The predicted octanol–water partition coefficient (Wildman–Crippen LogP) is 2.86. The number of aliphatic imine (C=N–C) groups is 1. The van der Waals surface area contributed by atoms with Gasteiger partial charge in [-0.25, -0.2) is 0 Å². The van der Waals surface area contributed by atoms with Crippen molar-refractivity contribution in [2.45, 2.75) is 26.6 Å². The van der Waals surface area contributed by atoms with Crippen molar-refractivity contribution >= 4 is 14.5 Å². The second-order valence-corrected chi connectivity index (χ2v) is 8.96. The average molecular weight is 225 g/mol. The molecule has 0 radical (unpaired) electrons. The maximum absolute atomic E-state index is 5.67. The van der Waals surface area contributed by atoms with Crippen LogP contribution in [-0.4, -0.2) is 27.7 Å². The lowest BCUT2D eigenvalue weighted by Crippen LogP contribution is -2.26. The Balaban J connectivity index is 2.23. The second kappa shape index (κ2) is 5.28. The lowest BCUT2D eigenvalue weighted by molar-refractivity contribution is 0.323. The lowest BCUT2D eigenvalue weighted by Gasteiger charge is -2.15. The molecule has 0 unspecified atom stereocenters. The molecule has 1 rings (SSSR count). The fraction of sp³-hybridized carbons (Fsp3) is 0.545. The largest absolute Gasteiger partial charge is 0.460 e.